The largest absolute Gasteiger partial charge is 0.460 e. The highest BCUT2D eigenvalue weighted by Gasteiger charge is 2.14. The quantitative estimate of drug-likeness (QED) is 0.719. The number of anilines is 1. The van der Waals surface area contributed by atoms with Gasteiger partial charge in [-0.25, -0.2) is 0 Å². The number of aryl methyl sites for hydroxylation is 1. The number of carbonyl (C=O) groups excluding carboxylic acids is 1. The van der Waals surface area contributed by atoms with E-state index in [1.54, 1.807) is 24.3 Å². The van der Waals surface area contributed by atoms with Crippen molar-refractivity contribution in [1.29, 1.82) is 0 Å². The minimum absolute atomic E-state index is 0.208. The molecule has 4 rings (SSSR count). The van der Waals surface area contributed by atoms with Crippen molar-refractivity contribution in [2.45, 2.75) is 13.3 Å². The van der Waals surface area contributed by atoms with Crippen LogP contribution in [0.1, 0.15) is 18.2 Å². The number of amides is 1. The fourth-order valence-electron chi connectivity index (χ4n) is 2.88. The molecule has 0 aliphatic carbocycles. The lowest BCUT2D eigenvalue weighted by atomic mass is 10.1. The van der Waals surface area contributed by atoms with E-state index in [9.17, 15) is 4.79 Å². The van der Waals surface area contributed by atoms with E-state index < -0.39 is 0 Å². The van der Waals surface area contributed by atoms with Crippen molar-refractivity contribution in [3.05, 3.63) is 59.9 Å². The maximum atomic E-state index is 12.2. The monoisotopic (exact) mass is 335 g/mol. The van der Waals surface area contributed by atoms with E-state index in [-0.39, 0.29) is 12.7 Å². The summed E-state index contributed by atoms with van der Waals surface area (Å²) in [4.78, 5) is 12.2. The molecule has 126 valence electrons. The van der Waals surface area contributed by atoms with Crippen molar-refractivity contribution in [2.75, 3.05) is 12.1 Å². The molecule has 0 radical (unpaired) electrons. The number of hydrogen-bond donors (Lipinski definition) is 1. The molecule has 0 bridgehead atoms. The smallest absolute Gasteiger partial charge is 0.248 e. The van der Waals surface area contributed by atoms with Crippen LogP contribution in [0.2, 0.25) is 0 Å². The second-order valence-corrected chi connectivity index (χ2v) is 5.68. The first kappa shape index (κ1) is 15.3. The molecule has 1 aromatic heterocycles. The van der Waals surface area contributed by atoms with E-state index >= 15 is 0 Å². The standard InChI is InChI=1S/C20H17NO4/c1-2-16-15(14-5-3-4-6-17(14)25-16)8-10-20(22)21-13-7-9-18-19(11-13)24-12-23-18/h3-11H,2,12H2,1H3,(H,21,22)/b10-8+. The highest BCUT2D eigenvalue weighted by Crippen LogP contribution is 2.34. The maximum Gasteiger partial charge on any atom is 0.248 e. The molecule has 0 atom stereocenters. The Morgan fingerprint density at radius 2 is 2.00 bits per heavy atom. The lowest BCUT2D eigenvalue weighted by Crippen LogP contribution is -2.07. The minimum Gasteiger partial charge on any atom is -0.460 e. The van der Waals surface area contributed by atoms with E-state index in [1.807, 2.05) is 31.2 Å². The SMILES string of the molecule is CCc1oc2ccccc2c1/C=C/C(=O)Nc1ccc2c(c1)OCO2. The topological polar surface area (TPSA) is 60.7 Å². The molecule has 2 heterocycles. The fraction of sp³-hybridized carbons (Fsp3) is 0.150. The van der Waals surface area contributed by atoms with Gasteiger partial charge in [0, 0.05) is 35.2 Å². The van der Waals surface area contributed by atoms with Gasteiger partial charge in [0.05, 0.1) is 0 Å². The van der Waals surface area contributed by atoms with Gasteiger partial charge in [0.25, 0.3) is 0 Å². The molecule has 1 aliphatic heterocycles. The fourth-order valence-corrected chi connectivity index (χ4v) is 2.88. The van der Waals surface area contributed by atoms with Gasteiger partial charge in [-0.1, -0.05) is 25.1 Å². The van der Waals surface area contributed by atoms with Crippen LogP contribution in [0.4, 0.5) is 5.69 Å². The molecule has 5 heteroatoms. The molecule has 1 aliphatic rings. The Morgan fingerprint density at radius 3 is 2.88 bits per heavy atom. The zero-order valence-electron chi connectivity index (χ0n) is 13.7. The van der Waals surface area contributed by atoms with Crippen molar-refractivity contribution in [3.8, 4) is 11.5 Å². The van der Waals surface area contributed by atoms with E-state index in [0.717, 1.165) is 28.7 Å². The highest BCUT2D eigenvalue weighted by atomic mass is 16.7. The Balaban J connectivity index is 1.55. The van der Waals surface area contributed by atoms with Crippen LogP contribution >= 0.6 is 0 Å². The summed E-state index contributed by atoms with van der Waals surface area (Å²) in [6, 6.07) is 13.1. The predicted molar refractivity (Wildman–Crippen MR) is 95.8 cm³/mol. The van der Waals surface area contributed by atoms with Gasteiger partial charge in [0.1, 0.15) is 11.3 Å². The van der Waals surface area contributed by atoms with Crippen LogP contribution in [-0.4, -0.2) is 12.7 Å². The second-order valence-electron chi connectivity index (χ2n) is 5.68. The van der Waals surface area contributed by atoms with E-state index in [2.05, 4.69) is 5.32 Å². The molecular formula is C20H17NO4. The van der Waals surface area contributed by atoms with Gasteiger partial charge in [0.15, 0.2) is 11.5 Å². The summed E-state index contributed by atoms with van der Waals surface area (Å²) in [6.07, 6.45) is 4.08. The third-order valence-corrected chi connectivity index (χ3v) is 4.07. The number of furan rings is 1. The molecule has 5 nitrogen and oxygen atoms in total. The van der Waals surface area contributed by atoms with Gasteiger partial charge in [0.2, 0.25) is 12.7 Å². The van der Waals surface area contributed by atoms with Crippen LogP contribution in [-0.2, 0) is 11.2 Å². The maximum absolute atomic E-state index is 12.2. The summed E-state index contributed by atoms with van der Waals surface area (Å²) in [5.41, 5.74) is 2.43. The summed E-state index contributed by atoms with van der Waals surface area (Å²) in [5.74, 6) is 1.97. The van der Waals surface area contributed by atoms with Gasteiger partial charge in [-0.05, 0) is 24.3 Å². The van der Waals surface area contributed by atoms with Crippen LogP contribution in [0.5, 0.6) is 11.5 Å². The number of benzene rings is 2. The molecule has 25 heavy (non-hydrogen) atoms. The van der Waals surface area contributed by atoms with Crippen LogP contribution < -0.4 is 14.8 Å². The Labute approximate surface area is 144 Å². The predicted octanol–water partition coefficient (Wildman–Crippen LogP) is 4.38. The van der Waals surface area contributed by atoms with Gasteiger partial charge >= 0.3 is 0 Å². The number of ether oxygens (including phenoxy) is 2. The lowest BCUT2D eigenvalue weighted by molar-refractivity contribution is -0.111. The van der Waals surface area contributed by atoms with Gasteiger partial charge in [-0.3, -0.25) is 4.79 Å². The number of fused-ring (bicyclic) bond motifs is 2. The van der Waals surface area contributed by atoms with Crippen molar-refractivity contribution >= 4 is 28.6 Å². The molecule has 2 aromatic carbocycles. The zero-order valence-corrected chi connectivity index (χ0v) is 13.7. The van der Waals surface area contributed by atoms with Crippen molar-refractivity contribution < 1.29 is 18.7 Å². The Kier molecular flexibility index (Phi) is 3.90. The minimum atomic E-state index is -0.216. The molecule has 0 saturated carbocycles. The first-order chi connectivity index (χ1) is 12.2. The summed E-state index contributed by atoms with van der Waals surface area (Å²) in [7, 11) is 0. The summed E-state index contributed by atoms with van der Waals surface area (Å²) in [6.45, 7) is 2.24. The van der Waals surface area contributed by atoms with Crippen molar-refractivity contribution in [3.63, 3.8) is 0 Å². The van der Waals surface area contributed by atoms with Crippen molar-refractivity contribution in [2.24, 2.45) is 0 Å². The molecule has 1 N–H and O–H groups in total. The van der Waals surface area contributed by atoms with Crippen LogP contribution in [0.3, 0.4) is 0 Å². The van der Waals surface area contributed by atoms with Crippen LogP contribution in [0, 0.1) is 0 Å². The Morgan fingerprint density at radius 1 is 1.16 bits per heavy atom. The summed E-state index contributed by atoms with van der Waals surface area (Å²) < 4.78 is 16.4. The number of nitrogens with one attached hydrogen (secondary N) is 1. The third kappa shape index (κ3) is 2.96. The van der Waals surface area contributed by atoms with Gasteiger partial charge in [-0.2, -0.15) is 0 Å². The molecule has 3 aromatic rings. The highest BCUT2D eigenvalue weighted by molar-refractivity contribution is 6.03. The molecule has 0 unspecified atom stereocenters. The van der Waals surface area contributed by atoms with Crippen molar-refractivity contribution in [1.82, 2.24) is 0 Å². The van der Waals surface area contributed by atoms with Gasteiger partial charge < -0.3 is 19.2 Å². The number of rotatable bonds is 4. The van der Waals surface area contributed by atoms with E-state index in [4.69, 9.17) is 13.9 Å². The van der Waals surface area contributed by atoms with E-state index in [1.165, 1.54) is 6.08 Å². The molecule has 0 fully saturated rings. The molecule has 0 spiro atoms. The Bertz CT molecular complexity index is 971. The first-order valence-corrected chi connectivity index (χ1v) is 8.13. The Hall–Kier alpha value is -3.21. The van der Waals surface area contributed by atoms with Gasteiger partial charge in [-0.15, -0.1) is 0 Å². The average molecular weight is 335 g/mol. The third-order valence-electron chi connectivity index (χ3n) is 4.07. The first-order valence-electron chi connectivity index (χ1n) is 8.13. The lowest BCUT2D eigenvalue weighted by Gasteiger charge is -2.03. The van der Waals surface area contributed by atoms with Crippen LogP contribution in [0.25, 0.3) is 17.0 Å². The second kappa shape index (κ2) is 6.36. The number of carbonyl (C=O) groups is 1. The molecule has 1 amide bonds. The normalized spacial score (nSPS) is 12.8. The summed E-state index contributed by atoms with van der Waals surface area (Å²) in [5, 5.41) is 3.83. The molecule has 0 saturated heterocycles. The van der Waals surface area contributed by atoms with E-state index in [0.29, 0.717) is 17.2 Å². The molecular weight excluding hydrogens is 318 g/mol. The van der Waals surface area contributed by atoms with Crippen LogP contribution in [0.15, 0.2) is 53.0 Å². The zero-order chi connectivity index (χ0) is 17.2. The average Bonchev–Trinajstić information content (AvgIpc) is 3.23. The summed E-state index contributed by atoms with van der Waals surface area (Å²) >= 11 is 0. The number of hydrogen-bond acceptors (Lipinski definition) is 4. The number of para-hydroxylation sites is 1.